The van der Waals surface area contributed by atoms with Crippen LogP contribution in [0.1, 0.15) is 24.1 Å². The Bertz CT molecular complexity index is 663. The van der Waals surface area contributed by atoms with Gasteiger partial charge >= 0.3 is 0 Å². The highest BCUT2D eigenvalue weighted by Crippen LogP contribution is 2.16. The van der Waals surface area contributed by atoms with E-state index in [4.69, 9.17) is 4.74 Å². The predicted octanol–water partition coefficient (Wildman–Crippen LogP) is 1.42. The van der Waals surface area contributed by atoms with E-state index in [2.05, 4.69) is 15.6 Å². The van der Waals surface area contributed by atoms with Gasteiger partial charge in [0.05, 0.1) is 25.0 Å². The van der Waals surface area contributed by atoms with Crippen LogP contribution in [-0.2, 0) is 14.6 Å². The molecule has 0 aliphatic heterocycles. The minimum Gasteiger partial charge on any atom is -0.379 e. The highest BCUT2D eigenvalue weighted by Gasteiger charge is 2.09. The molecule has 1 unspecified atom stereocenters. The number of hydrogen-bond donors (Lipinski definition) is 2. The number of sulfone groups is 1. The molecule has 1 atom stereocenters. The summed E-state index contributed by atoms with van der Waals surface area (Å²) in [6.07, 6.45) is 1.18. The van der Waals surface area contributed by atoms with Crippen LogP contribution < -0.4 is 10.6 Å². The monoisotopic (exact) mass is 359 g/mol. The number of hydrogen-bond acceptors (Lipinski definition) is 4. The van der Waals surface area contributed by atoms with Gasteiger partial charge in [0, 0.05) is 19.8 Å². The summed E-state index contributed by atoms with van der Waals surface area (Å²) < 4.78 is 40.8. The Kier molecular flexibility index (Phi) is 8.14. The molecule has 6 nitrogen and oxygen atoms in total. The Hall–Kier alpha value is -1.67. The van der Waals surface area contributed by atoms with E-state index >= 15 is 0 Å². The molecule has 0 saturated heterocycles. The van der Waals surface area contributed by atoms with E-state index in [1.165, 1.54) is 12.3 Å². The fourth-order valence-corrected chi connectivity index (χ4v) is 2.34. The SMILES string of the molecule is CN=C(NCCOCCS(C)(=O)=O)NC(C)c1ccc(C)c(F)c1. The molecule has 0 bridgehead atoms. The Morgan fingerprint density at radius 3 is 2.67 bits per heavy atom. The maximum absolute atomic E-state index is 13.6. The molecule has 0 radical (unpaired) electrons. The minimum atomic E-state index is -3.00. The third kappa shape index (κ3) is 7.74. The Morgan fingerprint density at radius 1 is 1.38 bits per heavy atom. The van der Waals surface area contributed by atoms with Crippen LogP contribution in [0.15, 0.2) is 23.2 Å². The number of rotatable bonds is 8. The molecule has 24 heavy (non-hydrogen) atoms. The standard InChI is InChI=1S/C16H26FN3O3S/c1-12-5-6-14(11-15(12)17)13(2)20-16(18-3)19-7-8-23-9-10-24(4,21)22/h5-6,11,13H,7-10H2,1-4H3,(H2,18,19,20). The summed E-state index contributed by atoms with van der Waals surface area (Å²) in [5, 5.41) is 6.23. The predicted molar refractivity (Wildman–Crippen MR) is 94.6 cm³/mol. The van der Waals surface area contributed by atoms with E-state index < -0.39 is 9.84 Å². The van der Waals surface area contributed by atoms with Gasteiger partial charge in [-0.3, -0.25) is 4.99 Å². The first-order valence-corrected chi connectivity index (χ1v) is 9.77. The van der Waals surface area contributed by atoms with Crippen LogP contribution in [-0.4, -0.2) is 53.2 Å². The van der Waals surface area contributed by atoms with Crippen molar-refractivity contribution in [3.63, 3.8) is 0 Å². The van der Waals surface area contributed by atoms with Gasteiger partial charge < -0.3 is 15.4 Å². The molecule has 0 heterocycles. The fraction of sp³-hybridized carbons (Fsp3) is 0.562. The number of aliphatic imine (C=N–C) groups is 1. The zero-order chi connectivity index (χ0) is 18.2. The highest BCUT2D eigenvalue weighted by molar-refractivity contribution is 7.90. The van der Waals surface area contributed by atoms with Crippen LogP contribution in [0.3, 0.4) is 0 Å². The average molecular weight is 359 g/mol. The van der Waals surface area contributed by atoms with Gasteiger partial charge in [-0.15, -0.1) is 0 Å². The van der Waals surface area contributed by atoms with Gasteiger partial charge in [0.15, 0.2) is 5.96 Å². The molecule has 0 amide bonds. The number of halogens is 1. The molecule has 1 rings (SSSR count). The first-order valence-electron chi connectivity index (χ1n) is 7.71. The Labute approximate surface area is 143 Å². The van der Waals surface area contributed by atoms with Gasteiger partial charge in [-0.25, -0.2) is 12.8 Å². The van der Waals surface area contributed by atoms with Crippen LogP contribution in [0, 0.1) is 12.7 Å². The third-order valence-corrected chi connectivity index (χ3v) is 4.32. The molecule has 0 aromatic heterocycles. The van der Waals surface area contributed by atoms with E-state index in [0.717, 1.165) is 5.56 Å². The zero-order valence-corrected chi connectivity index (χ0v) is 15.4. The van der Waals surface area contributed by atoms with E-state index in [-0.39, 0.29) is 24.2 Å². The molecule has 1 aromatic carbocycles. The summed E-state index contributed by atoms with van der Waals surface area (Å²) in [5.74, 6) is 0.342. The first kappa shape index (κ1) is 20.4. The van der Waals surface area contributed by atoms with E-state index in [1.54, 1.807) is 20.0 Å². The molecule has 1 aromatic rings. The lowest BCUT2D eigenvalue weighted by Crippen LogP contribution is -2.40. The summed E-state index contributed by atoms with van der Waals surface area (Å²) in [5.41, 5.74) is 1.44. The number of guanidine groups is 1. The number of nitrogens with zero attached hydrogens (tertiary/aromatic N) is 1. The van der Waals surface area contributed by atoms with Crippen molar-refractivity contribution in [3.05, 3.63) is 35.1 Å². The summed E-state index contributed by atoms with van der Waals surface area (Å²) in [6.45, 7) is 4.66. The smallest absolute Gasteiger partial charge is 0.191 e. The van der Waals surface area contributed by atoms with Crippen LogP contribution in [0.4, 0.5) is 4.39 Å². The van der Waals surface area contributed by atoms with E-state index in [0.29, 0.717) is 24.7 Å². The molecule has 0 aliphatic carbocycles. The molecule has 2 N–H and O–H groups in total. The lowest BCUT2D eigenvalue weighted by Gasteiger charge is -2.18. The topological polar surface area (TPSA) is 79.8 Å². The summed E-state index contributed by atoms with van der Waals surface area (Å²) in [4.78, 5) is 4.10. The molecule has 0 saturated carbocycles. The van der Waals surface area contributed by atoms with Gasteiger partial charge in [0.1, 0.15) is 15.7 Å². The Balaban J connectivity index is 2.38. The van der Waals surface area contributed by atoms with Crippen LogP contribution in [0.2, 0.25) is 0 Å². The highest BCUT2D eigenvalue weighted by atomic mass is 32.2. The molecule has 136 valence electrons. The molecular formula is C16H26FN3O3S. The van der Waals surface area contributed by atoms with Gasteiger partial charge in [0.25, 0.3) is 0 Å². The molecule has 8 heteroatoms. The van der Waals surface area contributed by atoms with Gasteiger partial charge in [0.2, 0.25) is 0 Å². The van der Waals surface area contributed by atoms with E-state index in [1.807, 2.05) is 13.0 Å². The van der Waals surface area contributed by atoms with Crippen molar-refractivity contribution in [2.24, 2.45) is 4.99 Å². The second-order valence-electron chi connectivity index (χ2n) is 5.62. The van der Waals surface area contributed by atoms with Crippen LogP contribution in [0.5, 0.6) is 0 Å². The molecular weight excluding hydrogens is 333 g/mol. The van der Waals surface area contributed by atoms with Crippen molar-refractivity contribution < 1.29 is 17.5 Å². The largest absolute Gasteiger partial charge is 0.379 e. The minimum absolute atomic E-state index is 0.00992. The Morgan fingerprint density at radius 2 is 2.08 bits per heavy atom. The lowest BCUT2D eigenvalue weighted by atomic mass is 10.1. The van der Waals surface area contributed by atoms with Crippen molar-refractivity contribution in [2.75, 3.05) is 38.8 Å². The fourth-order valence-electron chi connectivity index (χ4n) is 1.92. The van der Waals surface area contributed by atoms with Crippen molar-refractivity contribution in [3.8, 4) is 0 Å². The third-order valence-electron chi connectivity index (χ3n) is 3.41. The van der Waals surface area contributed by atoms with Crippen molar-refractivity contribution >= 4 is 15.8 Å². The number of aryl methyl sites for hydroxylation is 1. The maximum atomic E-state index is 13.6. The second kappa shape index (κ2) is 9.58. The summed E-state index contributed by atoms with van der Waals surface area (Å²) >= 11 is 0. The van der Waals surface area contributed by atoms with Crippen molar-refractivity contribution in [1.82, 2.24) is 10.6 Å². The van der Waals surface area contributed by atoms with E-state index in [9.17, 15) is 12.8 Å². The number of ether oxygens (including phenoxy) is 1. The van der Waals surface area contributed by atoms with Crippen molar-refractivity contribution in [1.29, 1.82) is 0 Å². The van der Waals surface area contributed by atoms with Crippen LogP contribution >= 0.6 is 0 Å². The normalized spacial score (nSPS) is 13.6. The van der Waals surface area contributed by atoms with Crippen molar-refractivity contribution in [2.45, 2.75) is 19.9 Å². The molecule has 0 spiro atoms. The molecule has 0 aliphatic rings. The van der Waals surface area contributed by atoms with Gasteiger partial charge in [-0.05, 0) is 31.0 Å². The van der Waals surface area contributed by atoms with Gasteiger partial charge in [-0.1, -0.05) is 12.1 Å². The first-order chi connectivity index (χ1) is 11.2. The number of nitrogens with one attached hydrogen (secondary N) is 2. The summed E-state index contributed by atoms with van der Waals surface area (Å²) in [7, 11) is -1.36. The van der Waals surface area contributed by atoms with Crippen LogP contribution in [0.25, 0.3) is 0 Å². The lowest BCUT2D eigenvalue weighted by molar-refractivity contribution is 0.154. The zero-order valence-electron chi connectivity index (χ0n) is 14.6. The quantitative estimate of drug-likeness (QED) is 0.417. The maximum Gasteiger partial charge on any atom is 0.191 e. The average Bonchev–Trinajstić information content (AvgIpc) is 2.50. The molecule has 0 fully saturated rings. The van der Waals surface area contributed by atoms with Gasteiger partial charge in [-0.2, -0.15) is 0 Å². The number of benzene rings is 1. The second-order valence-corrected chi connectivity index (χ2v) is 7.88. The summed E-state index contributed by atoms with van der Waals surface area (Å²) in [6, 6.07) is 5.01.